The molecule has 0 saturated heterocycles. The number of aryl methyl sites for hydroxylation is 1. The summed E-state index contributed by atoms with van der Waals surface area (Å²) in [4.78, 5) is 30.5. The van der Waals surface area contributed by atoms with Crippen molar-refractivity contribution in [3.8, 4) is 23.0 Å². The molecule has 5 aromatic rings. The fraction of sp³-hybridized carbons (Fsp3) is 0.342. The molecule has 0 bridgehead atoms. The van der Waals surface area contributed by atoms with Crippen molar-refractivity contribution in [1.82, 2.24) is 29.9 Å². The second kappa shape index (κ2) is 14.4. The number of nitrogens with one attached hydrogen (secondary N) is 2. The third-order valence-corrected chi connectivity index (χ3v) is 9.89. The maximum absolute atomic E-state index is 15.4. The Morgan fingerprint density at radius 1 is 1.04 bits per heavy atom. The van der Waals surface area contributed by atoms with Crippen molar-refractivity contribution in [2.45, 2.75) is 69.6 Å². The van der Waals surface area contributed by atoms with Gasteiger partial charge in [0.2, 0.25) is 5.91 Å². The van der Waals surface area contributed by atoms with Gasteiger partial charge in [0.25, 0.3) is 18.3 Å². The first-order valence-electron chi connectivity index (χ1n) is 17.3. The number of benzene rings is 2. The second-order valence-electron chi connectivity index (χ2n) is 14.3. The van der Waals surface area contributed by atoms with E-state index in [9.17, 15) is 41.0 Å². The maximum atomic E-state index is 15.4. The topological polar surface area (TPSA) is 127 Å². The highest BCUT2D eigenvalue weighted by Crippen LogP contribution is 2.68. The Morgan fingerprint density at radius 3 is 2.37 bits per heavy atom. The van der Waals surface area contributed by atoms with Gasteiger partial charge >= 0.3 is 6.43 Å². The van der Waals surface area contributed by atoms with Crippen LogP contribution in [-0.2, 0) is 35.5 Å². The van der Waals surface area contributed by atoms with Crippen LogP contribution >= 0.6 is 11.6 Å². The van der Waals surface area contributed by atoms with Crippen molar-refractivity contribution in [3.63, 3.8) is 0 Å². The number of hydrogen-bond donors (Lipinski definition) is 3. The number of anilines is 1. The standard InChI is InChI=1S/C38H30ClF8N7O3/c1-37(2,57)9-8-19-4-5-20(21-6-7-24(39)28-31(21)53(3)52-35(28)50-36(56)34(44)45)29(48-19)25(12-16-10-17(40)13-18(41)11-16)49-26(55)15-54-32-27(30(51-54)33(42)43)22-14-23(22)38(32,46)47/h4-7,10-11,13,22-23,25,33-34,57H,12,14-15H2,1-3H3,(H,49,55)(H,50,52,56)/t22-,23+,25-/m0/s1. The normalized spacial score (nSPS) is 17.3. The van der Waals surface area contributed by atoms with E-state index in [1.54, 1.807) is 0 Å². The monoisotopic (exact) mass is 819 g/mol. The molecule has 1 saturated carbocycles. The van der Waals surface area contributed by atoms with Crippen LogP contribution in [0.25, 0.3) is 22.0 Å². The first-order chi connectivity index (χ1) is 26.7. The van der Waals surface area contributed by atoms with E-state index in [4.69, 9.17) is 11.6 Å². The number of aromatic nitrogens is 5. The number of alkyl halides is 6. The molecule has 2 aliphatic rings. The lowest BCUT2D eigenvalue weighted by Gasteiger charge is -2.23. The summed E-state index contributed by atoms with van der Waals surface area (Å²) in [6, 6.07) is 7.04. The van der Waals surface area contributed by atoms with Gasteiger partial charge in [-0.3, -0.25) is 19.0 Å². The molecular weight excluding hydrogens is 790 g/mol. The van der Waals surface area contributed by atoms with Crippen LogP contribution in [0, 0.1) is 29.4 Å². The number of amides is 2. The van der Waals surface area contributed by atoms with Gasteiger partial charge in [-0.05, 0) is 74.4 Å². The van der Waals surface area contributed by atoms with E-state index < -0.39 is 83.6 Å². The molecule has 0 unspecified atom stereocenters. The van der Waals surface area contributed by atoms with E-state index in [0.29, 0.717) is 10.7 Å². The van der Waals surface area contributed by atoms with Crippen molar-refractivity contribution < 1.29 is 49.8 Å². The molecular formula is C38H30ClF8N7O3. The summed E-state index contributed by atoms with van der Waals surface area (Å²) in [5.74, 6) is -5.13. The molecule has 3 aromatic heterocycles. The number of halogens is 9. The molecule has 0 aliphatic heterocycles. The maximum Gasteiger partial charge on any atom is 0.315 e. The lowest BCUT2D eigenvalue weighted by atomic mass is 9.93. The van der Waals surface area contributed by atoms with Gasteiger partial charge in [0.15, 0.2) is 5.82 Å². The summed E-state index contributed by atoms with van der Waals surface area (Å²) in [5.41, 5.74) is -2.78. The number of carbonyl (C=O) groups is 2. The zero-order valence-electron chi connectivity index (χ0n) is 30.0. The molecule has 3 heterocycles. The predicted octanol–water partition coefficient (Wildman–Crippen LogP) is 7.34. The number of pyridine rings is 1. The van der Waals surface area contributed by atoms with Crippen LogP contribution in [0.15, 0.2) is 42.5 Å². The number of rotatable bonds is 10. The molecule has 19 heteroatoms. The predicted molar refractivity (Wildman–Crippen MR) is 190 cm³/mol. The molecule has 298 valence electrons. The third kappa shape index (κ3) is 7.65. The zero-order valence-corrected chi connectivity index (χ0v) is 30.7. The van der Waals surface area contributed by atoms with Gasteiger partial charge in [0.1, 0.15) is 40.9 Å². The summed E-state index contributed by atoms with van der Waals surface area (Å²) >= 11 is 6.50. The van der Waals surface area contributed by atoms with Crippen molar-refractivity contribution >= 4 is 40.1 Å². The first-order valence-corrected chi connectivity index (χ1v) is 17.6. The Bertz CT molecular complexity index is 2500. The van der Waals surface area contributed by atoms with E-state index >= 15 is 8.78 Å². The molecule has 3 atom stereocenters. The quantitative estimate of drug-likeness (QED) is 0.100. The molecule has 0 spiro atoms. The second-order valence-corrected chi connectivity index (χ2v) is 14.7. The molecule has 1 fully saturated rings. The number of nitrogens with zero attached hydrogens (tertiary/aromatic N) is 5. The van der Waals surface area contributed by atoms with E-state index in [1.807, 2.05) is 5.32 Å². The van der Waals surface area contributed by atoms with Crippen LogP contribution in [0.4, 0.5) is 40.9 Å². The van der Waals surface area contributed by atoms with Crippen LogP contribution in [0.2, 0.25) is 5.02 Å². The SMILES string of the molecule is Cn1nc(NC(=O)C(F)F)c2c(Cl)ccc(-c3ccc(C#CC(C)(C)O)nc3[C@H](Cc3cc(F)cc(F)c3)NC(=O)Cn3nc(C(F)F)c4c3C(F)(F)[C@@H]3C[C@H]43)c21. The average molecular weight is 820 g/mol. The van der Waals surface area contributed by atoms with Gasteiger partial charge in [0, 0.05) is 35.7 Å². The Hall–Kier alpha value is -5.54. The van der Waals surface area contributed by atoms with Crippen LogP contribution in [0.5, 0.6) is 0 Å². The summed E-state index contributed by atoms with van der Waals surface area (Å²) in [6.07, 6.45) is -6.97. The summed E-state index contributed by atoms with van der Waals surface area (Å²) in [6.45, 7) is 1.87. The number of aliphatic hydroxyl groups is 1. The van der Waals surface area contributed by atoms with Crippen molar-refractivity contribution in [1.29, 1.82) is 0 Å². The molecule has 57 heavy (non-hydrogen) atoms. The lowest BCUT2D eigenvalue weighted by Crippen LogP contribution is -2.35. The van der Waals surface area contributed by atoms with Crippen LogP contribution < -0.4 is 10.6 Å². The third-order valence-electron chi connectivity index (χ3n) is 9.58. The smallest absolute Gasteiger partial charge is 0.315 e. The first kappa shape index (κ1) is 39.7. The van der Waals surface area contributed by atoms with Gasteiger partial charge < -0.3 is 15.7 Å². The van der Waals surface area contributed by atoms with Gasteiger partial charge in [0.05, 0.1) is 27.7 Å². The van der Waals surface area contributed by atoms with Gasteiger partial charge in [-0.2, -0.15) is 27.8 Å². The minimum Gasteiger partial charge on any atom is -0.378 e. The van der Waals surface area contributed by atoms with E-state index in [0.717, 1.165) is 12.1 Å². The Kier molecular flexibility index (Phi) is 10.1. The highest BCUT2D eigenvalue weighted by Gasteiger charge is 2.67. The highest BCUT2D eigenvalue weighted by molar-refractivity contribution is 6.37. The van der Waals surface area contributed by atoms with Crippen molar-refractivity contribution in [2.24, 2.45) is 13.0 Å². The molecule has 0 radical (unpaired) electrons. The minimum absolute atomic E-state index is 0.000264. The summed E-state index contributed by atoms with van der Waals surface area (Å²) < 4.78 is 116. The fourth-order valence-electron chi connectivity index (χ4n) is 7.24. The Labute approximate surface area is 323 Å². The Balaban J connectivity index is 1.38. The zero-order chi connectivity index (χ0) is 41.3. The minimum atomic E-state index is -3.53. The fourth-order valence-corrected chi connectivity index (χ4v) is 7.48. The number of hydrogen-bond acceptors (Lipinski definition) is 6. The Morgan fingerprint density at radius 2 is 1.72 bits per heavy atom. The average Bonchev–Trinajstić information content (AvgIpc) is 3.65. The van der Waals surface area contributed by atoms with Crippen LogP contribution in [0.3, 0.4) is 0 Å². The molecule has 2 aromatic carbocycles. The van der Waals surface area contributed by atoms with Crippen LogP contribution in [-0.4, -0.2) is 53.5 Å². The highest BCUT2D eigenvalue weighted by atomic mass is 35.5. The van der Waals surface area contributed by atoms with E-state index in [2.05, 4.69) is 32.3 Å². The van der Waals surface area contributed by atoms with E-state index in [-0.39, 0.29) is 68.2 Å². The lowest BCUT2D eigenvalue weighted by molar-refractivity contribution is -0.126. The molecule has 7 rings (SSSR count). The largest absolute Gasteiger partial charge is 0.378 e. The van der Waals surface area contributed by atoms with Gasteiger partial charge in [-0.1, -0.05) is 23.6 Å². The van der Waals surface area contributed by atoms with Crippen LogP contribution in [0.1, 0.15) is 72.6 Å². The molecule has 2 aliphatic carbocycles. The van der Waals surface area contributed by atoms with Crippen molar-refractivity contribution in [2.75, 3.05) is 5.32 Å². The number of carbonyl (C=O) groups excluding carboxylic acids is 2. The van der Waals surface area contributed by atoms with Gasteiger partial charge in [-0.15, -0.1) is 0 Å². The molecule has 3 N–H and O–H groups in total. The van der Waals surface area contributed by atoms with Gasteiger partial charge in [-0.25, -0.2) is 22.5 Å². The van der Waals surface area contributed by atoms with E-state index in [1.165, 1.54) is 49.8 Å². The number of fused-ring (bicyclic) bond motifs is 4. The summed E-state index contributed by atoms with van der Waals surface area (Å²) in [5, 5.41) is 22.9. The van der Waals surface area contributed by atoms with Crippen molar-refractivity contribution in [3.05, 3.63) is 93.0 Å². The summed E-state index contributed by atoms with van der Waals surface area (Å²) in [7, 11) is 1.43. The molecule has 2 amide bonds. The molecule has 10 nitrogen and oxygen atoms in total.